The van der Waals surface area contributed by atoms with Crippen LogP contribution in [0.25, 0.3) is 0 Å². The van der Waals surface area contributed by atoms with Crippen molar-refractivity contribution < 1.29 is 13.2 Å². The van der Waals surface area contributed by atoms with E-state index in [4.69, 9.17) is 0 Å². The lowest BCUT2D eigenvalue weighted by atomic mass is 9.97. The van der Waals surface area contributed by atoms with E-state index in [1.165, 1.54) is 4.31 Å². The summed E-state index contributed by atoms with van der Waals surface area (Å²) >= 11 is 3.46. The minimum absolute atomic E-state index is 0.0573. The number of rotatable bonds is 4. The van der Waals surface area contributed by atoms with Gasteiger partial charge < -0.3 is 5.32 Å². The van der Waals surface area contributed by atoms with E-state index >= 15 is 0 Å². The normalized spacial score (nSPS) is 16.3. The topological polar surface area (TPSA) is 66.5 Å². The molecule has 1 aliphatic rings. The molecule has 0 aromatic heterocycles. The Morgan fingerprint density at radius 3 is 2.30 bits per heavy atom. The van der Waals surface area contributed by atoms with E-state index in [0.29, 0.717) is 30.8 Å². The molecular formula is C20H23BrN2O3S. The number of hydrogen-bond acceptors (Lipinski definition) is 3. The van der Waals surface area contributed by atoms with Gasteiger partial charge >= 0.3 is 0 Å². The number of nitrogens with zero attached hydrogens (tertiary/aromatic N) is 1. The molecule has 0 unspecified atom stereocenters. The van der Waals surface area contributed by atoms with Crippen molar-refractivity contribution in [2.24, 2.45) is 5.92 Å². The number of piperidine rings is 1. The lowest BCUT2D eigenvalue weighted by Crippen LogP contribution is -2.41. The first-order valence-electron chi connectivity index (χ1n) is 8.91. The maximum Gasteiger partial charge on any atom is 0.243 e. The van der Waals surface area contributed by atoms with Gasteiger partial charge in [-0.3, -0.25) is 4.79 Å². The van der Waals surface area contributed by atoms with Gasteiger partial charge in [-0.25, -0.2) is 8.42 Å². The molecule has 1 heterocycles. The molecule has 2 aromatic carbocycles. The van der Waals surface area contributed by atoms with E-state index in [-0.39, 0.29) is 11.8 Å². The molecule has 3 rings (SSSR count). The predicted octanol–water partition coefficient (Wildman–Crippen LogP) is 4.11. The quantitative estimate of drug-likeness (QED) is 0.761. The fraction of sp³-hybridized carbons (Fsp3) is 0.350. The molecule has 7 heteroatoms. The van der Waals surface area contributed by atoms with Crippen molar-refractivity contribution in [1.82, 2.24) is 4.31 Å². The summed E-state index contributed by atoms with van der Waals surface area (Å²) in [6.07, 6.45) is 1.04. The standard InChI is InChI=1S/C20H23BrN2O3S/c1-14-3-7-18(8-4-14)27(25,26)23-11-9-16(10-12-23)20(24)22-17-6-5-15(2)19(21)13-17/h3-8,13,16H,9-12H2,1-2H3,(H,22,24). The number of anilines is 1. The molecule has 1 aliphatic heterocycles. The first-order chi connectivity index (χ1) is 12.8. The third-order valence-electron chi connectivity index (χ3n) is 4.92. The van der Waals surface area contributed by atoms with Crippen LogP contribution in [0.3, 0.4) is 0 Å². The van der Waals surface area contributed by atoms with Crippen LogP contribution in [0.1, 0.15) is 24.0 Å². The Labute approximate surface area is 169 Å². The number of halogens is 1. The number of hydrogen-bond donors (Lipinski definition) is 1. The second-order valence-corrected chi connectivity index (χ2v) is 9.74. The lowest BCUT2D eigenvalue weighted by Gasteiger charge is -2.30. The summed E-state index contributed by atoms with van der Waals surface area (Å²) in [5.41, 5.74) is 2.86. The van der Waals surface area contributed by atoms with E-state index in [1.54, 1.807) is 24.3 Å². The van der Waals surface area contributed by atoms with Gasteiger partial charge in [0, 0.05) is 29.2 Å². The van der Waals surface area contributed by atoms with Gasteiger partial charge in [-0.15, -0.1) is 0 Å². The molecule has 2 aromatic rings. The predicted molar refractivity (Wildman–Crippen MR) is 110 cm³/mol. The molecule has 0 bridgehead atoms. The minimum atomic E-state index is -3.50. The fourth-order valence-corrected chi connectivity index (χ4v) is 4.98. The highest BCUT2D eigenvalue weighted by atomic mass is 79.9. The van der Waals surface area contributed by atoms with Gasteiger partial charge in [0.2, 0.25) is 15.9 Å². The third-order valence-corrected chi connectivity index (χ3v) is 7.69. The Bertz CT molecular complexity index is 934. The number of nitrogens with one attached hydrogen (secondary N) is 1. The van der Waals surface area contributed by atoms with Crippen LogP contribution in [0.15, 0.2) is 51.8 Å². The third kappa shape index (κ3) is 4.59. The summed E-state index contributed by atoms with van der Waals surface area (Å²) < 4.78 is 27.9. The zero-order valence-electron chi connectivity index (χ0n) is 15.4. The summed E-state index contributed by atoms with van der Waals surface area (Å²) in [6.45, 7) is 4.62. The van der Waals surface area contributed by atoms with Gasteiger partial charge in [0.25, 0.3) is 0 Å². The van der Waals surface area contributed by atoms with Gasteiger partial charge in [-0.1, -0.05) is 39.7 Å². The average molecular weight is 451 g/mol. The van der Waals surface area contributed by atoms with Crippen molar-refractivity contribution in [2.75, 3.05) is 18.4 Å². The van der Waals surface area contributed by atoms with Crippen molar-refractivity contribution in [1.29, 1.82) is 0 Å². The van der Waals surface area contributed by atoms with Gasteiger partial charge in [-0.2, -0.15) is 4.31 Å². The van der Waals surface area contributed by atoms with Gasteiger partial charge in [-0.05, 0) is 56.5 Å². The van der Waals surface area contributed by atoms with Crippen molar-refractivity contribution in [2.45, 2.75) is 31.6 Å². The zero-order valence-corrected chi connectivity index (χ0v) is 17.8. The maximum absolute atomic E-state index is 12.8. The zero-order chi connectivity index (χ0) is 19.6. The molecule has 1 N–H and O–H groups in total. The Morgan fingerprint density at radius 1 is 1.07 bits per heavy atom. The van der Waals surface area contributed by atoms with Crippen LogP contribution < -0.4 is 5.32 Å². The second kappa shape index (κ2) is 8.12. The van der Waals surface area contributed by atoms with E-state index in [2.05, 4.69) is 21.2 Å². The molecule has 0 spiro atoms. The molecule has 0 atom stereocenters. The maximum atomic E-state index is 12.8. The van der Waals surface area contributed by atoms with Gasteiger partial charge in [0.05, 0.1) is 4.90 Å². The Kier molecular flexibility index (Phi) is 6.03. The Morgan fingerprint density at radius 2 is 1.70 bits per heavy atom. The molecule has 0 saturated carbocycles. The van der Waals surface area contributed by atoms with Crippen LogP contribution in [-0.4, -0.2) is 31.7 Å². The second-order valence-electron chi connectivity index (χ2n) is 6.94. The van der Waals surface area contributed by atoms with Crippen molar-refractivity contribution >= 4 is 37.5 Å². The van der Waals surface area contributed by atoms with Crippen LogP contribution in [0.4, 0.5) is 5.69 Å². The Balaban J connectivity index is 1.61. The highest BCUT2D eigenvalue weighted by molar-refractivity contribution is 9.10. The summed E-state index contributed by atoms with van der Waals surface area (Å²) in [5.74, 6) is -0.243. The molecule has 0 radical (unpaired) electrons. The lowest BCUT2D eigenvalue weighted by molar-refractivity contribution is -0.120. The fourth-order valence-electron chi connectivity index (χ4n) is 3.13. The summed E-state index contributed by atoms with van der Waals surface area (Å²) in [7, 11) is -3.50. The van der Waals surface area contributed by atoms with E-state index < -0.39 is 10.0 Å². The summed E-state index contributed by atoms with van der Waals surface area (Å²) in [4.78, 5) is 12.8. The number of benzene rings is 2. The highest BCUT2D eigenvalue weighted by Gasteiger charge is 2.32. The Hall–Kier alpha value is -1.70. The first-order valence-corrected chi connectivity index (χ1v) is 11.1. The van der Waals surface area contributed by atoms with Crippen LogP contribution in [0.2, 0.25) is 0 Å². The first kappa shape index (κ1) is 20.0. The molecule has 1 amide bonds. The van der Waals surface area contributed by atoms with E-state index in [1.807, 2.05) is 32.0 Å². The number of carbonyl (C=O) groups excluding carboxylic acids is 1. The number of aryl methyl sites for hydroxylation is 2. The molecule has 144 valence electrons. The minimum Gasteiger partial charge on any atom is -0.326 e. The number of sulfonamides is 1. The summed E-state index contributed by atoms with van der Waals surface area (Å²) in [6, 6.07) is 12.6. The number of amides is 1. The van der Waals surface area contributed by atoms with Crippen LogP contribution in [0.5, 0.6) is 0 Å². The van der Waals surface area contributed by atoms with Crippen molar-refractivity contribution in [3.63, 3.8) is 0 Å². The van der Waals surface area contributed by atoms with Crippen molar-refractivity contribution in [3.05, 3.63) is 58.1 Å². The van der Waals surface area contributed by atoms with Crippen LogP contribution in [0, 0.1) is 19.8 Å². The SMILES string of the molecule is Cc1ccc(S(=O)(=O)N2CCC(C(=O)Nc3ccc(C)c(Br)c3)CC2)cc1. The average Bonchev–Trinajstić information content (AvgIpc) is 2.65. The molecule has 0 aliphatic carbocycles. The monoisotopic (exact) mass is 450 g/mol. The smallest absolute Gasteiger partial charge is 0.243 e. The van der Waals surface area contributed by atoms with E-state index in [9.17, 15) is 13.2 Å². The molecule has 1 saturated heterocycles. The largest absolute Gasteiger partial charge is 0.326 e. The van der Waals surface area contributed by atoms with E-state index in [0.717, 1.165) is 21.3 Å². The van der Waals surface area contributed by atoms with Crippen molar-refractivity contribution in [3.8, 4) is 0 Å². The molecule has 27 heavy (non-hydrogen) atoms. The van der Waals surface area contributed by atoms with Gasteiger partial charge in [0.1, 0.15) is 0 Å². The highest BCUT2D eigenvalue weighted by Crippen LogP contribution is 2.26. The summed E-state index contributed by atoms with van der Waals surface area (Å²) in [5, 5.41) is 2.93. The number of carbonyl (C=O) groups is 1. The molecule has 1 fully saturated rings. The molecule has 5 nitrogen and oxygen atoms in total. The van der Waals surface area contributed by atoms with Crippen LogP contribution >= 0.6 is 15.9 Å². The molecular weight excluding hydrogens is 428 g/mol. The van der Waals surface area contributed by atoms with Gasteiger partial charge in [0.15, 0.2) is 0 Å². The van der Waals surface area contributed by atoms with Crippen LogP contribution in [-0.2, 0) is 14.8 Å².